The van der Waals surface area contributed by atoms with Crippen LogP contribution in [-0.4, -0.2) is 93.5 Å². The van der Waals surface area contributed by atoms with E-state index in [0.717, 1.165) is 38.8 Å². The predicted octanol–water partition coefficient (Wildman–Crippen LogP) is 7.30. The van der Waals surface area contributed by atoms with Crippen molar-refractivity contribution in [2.24, 2.45) is 7.05 Å². The zero-order valence-corrected chi connectivity index (χ0v) is 31.1. The molecule has 264 valence electrons. The number of benzene rings is 2. The first-order valence-electron chi connectivity index (χ1n) is 16.1. The van der Waals surface area contributed by atoms with Crippen LogP contribution in [0.5, 0.6) is 5.75 Å². The van der Waals surface area contributed by atoms with Crippen LogP contribution in [0.2, 0.25) is 0 Å². The standard InChI is InChI=1S/C34H39BrF3N10OP/c1-20(34(36,37)38)47(3)22-9-13-48(14-10-22)28-16-29(49-4)27(15-23(28)21-17-42-46(2)19-21)44-33-41-18-24(35)32(45-33)43-26-8-7-25-30(31(26)50(5)6)40-12-11-39-25/h7-8,11-12,15-20,22H,9-10,13-14H2,1-6H3,(H2,41,43,44,45). The summed E-state index contributed by atoms with van der Waals surface area (Å²) in [6, 6.07) is 6.19. The van der Waals surface area contributed by atoms with E-state index in [1.54, 1.807) is 43.6 Å². The molecule has 0 saturated carbocycles. The Morgan fingerprint density at radius 2 is 1.78 bits per heavy atom. The number of fused-ring (bicyclic) bond motifs is 1. The molecule has 0 bridgehead atoms. The number of piperidine rings is 1. The van der Waals surface area contributed by atoms with Crippen LogP contribution >= 0.6 is 23.9 Å². The fourth-order valence-corrected chi connectivity index (χ4v) is 7.79. The molecule has 5 aromatic rings. The maximum Gasteiger partial charge on any atom is 0.403 e. The van der Waals surface area contributed by atoms with Crippen molar-refractivity contribution in [3.8, 4) is 16.9 Å². The molecular weight excluding hydrogens is 732 g/mol. The normalized spacial score (nSPS) is 14.8. The van der Waals surface area contributed by atoms with Crippen molar-refractivity contribution < 1.29 is 17.9 Å². The smallest absolute Gasteiger partial charge is 0.403 e. The molecule has 3 aromatic heterocycles. The Morgan fingerprint density at radius 3 is 2.44 bits per heavy atom. The Labute approximate surface area is 298 Å². The first-order chi connectivity index (χ1) is 23.8. The lowest BCUT2D eigenvalue weighted by molar-refractivity contribution is -0.181. The number of rotatable bonds is 10. The molecule has 0 radical (unpaired) electrons. The highest BCUT2D eigenvalue weighted by Gasteiger charge is 2.41. The van der Waals surface area contributed by atoms with Gasteiger partial charge in [0.2, 0.25) is 5.95 Å². The van der Waals surface area contributed by atoms with Crippen LogP contribution in [0.1, 0.15) is 19.8 Å². The quantitative estimate of drug-likeness (QED) is 0.141. The van der Waals surface area contributed by atoms with Gasteiger partial charge in [0, 0.05) is 84.8 Å². The number of nitrogens with zero attached hydrogens (tertiary/aromatic N) is 8. The summed E-state index contributed by atoms with van der Waals surface area (Å²) in [5.41, 5.74) is 5.92. The number of hydrogen-bond acceptors (Lipinski definition) is 10. The molecule has 1 aliphatic rings. The highest BCUT2D eigenvalue weighted by atomic mass is 79.9. The molecule has 50 heavy (non-hydrogen) atoms. The molecule has 1 atom stereocenters. The Morgan fingerprint density at radius 1 is 1.04 bits per heavy atom. The van der Waals surface area contributed by atoms with Gasteiger partial charge in [-0.3, -0.25) is 19.5 Å². The number of nitrogens with one attached hydrogen (secondary N) is 2. The van der Waals surface area contributed by atoms with E-state index in [1.165, 1.54) is 11.8 Å². The Hall–Kier alpha value is -4.07. The number of ether oxygens (including phenoxy) is 1. The van der Waals surface area contributed by atoms with Crippen molar-refractivity contribution in [1.29, 1.82) is 0 Å². The van der Waals surface area contributed by atoms with Gasteiger partial charge >= 0.3 is 6.18 Å². The number of halogens is 4. The van der Waals surface area contributed by atoms with Crippen LogP contribution < -0.4 is 25.6 Å². The second-order valence-corrected chi connectivity index (χ2v) is 15.6. The van der Waals surface area contributed by atoms with E-state index in [-0.39, 0.29) is 6.04 Å². The summed E-state index contributed by atoms with van der Waals surface area (Å²) in [5, 5.41) is 12.3. The summed E-state index contributed by atoms with van der Waals surface area (Å²) >= 11 is 3.61. The summed E-state index contributed by atoms with van der Waals surface area (Å²) < 4.78 is 48.6. The fourth-order valence-electron chi connectivity index (χ4n) is 6.29. The minimum Gasteiger partial charge on any atom is -0.494 e. The van der Waals surface area contributed by atoms with Crippen molar-refractivity contribution in [1.82, 2.24) is 34.6 Å². The average molecular weight is 772 g/mol. The molecule has 6 rings (SSSR count). The summed E-state index contributed by atoms with van der Waals surface area (Å²) in [6.07, 6.45) is 5.72. The monoisotopic (exact) mass is 770 g/mol. The number of aryl methyl sites for hydroxylation is 1. The molecule has 2 aromatic carbocycles. The zero-order chi connectivity index (χ0) is 35.7. The highest BCUT2D eigenvalue weighted by Crippen LogP contribution is 2.42. The molecule has 4 heterocycles. The number of hydrogen-bond donors (Lipinski definition) is 2. The Kier molecular flexibility index (Phi) is 10.5. The molecule has 16 heteroatoms. The van der Waals surface area contributed by atoms with Gasteiger partial charge in [0.15, 0.2) is 0 Å². The molecule has 1 aliphatic heterocycles. The minimum absolute atomic E-state index is 0.176. The molecular formula is C34H39BrF3N10OP. The summed E-state index contributed by atoms with van der Waals surface area (Å²) in [4.78, 5) is 22.1. The van der Waals surface area contributed by atoms with Gasteiger partial charge in [-0.2, -0.15) is 23.3 Å². The summed E-state index contributed by atoms with van der Waals surface area (Å²) in [5.74, 6) is 1.48. The Balaban J connectivity index is 1.30. The van der Waals surface area contributed by atoms with Crippen LogP contribution in [-0.2, 0) is 7.05 Å². The maximum absolute atomic E-state index is 13.5. The van der Waals surface area contributed by atoms with Crippen molar-refractivity contribution in [2.75, 3.05) is 56.1 Å². The van der Waals surface area contributed by atoms with Crippen LogP contribution in [0.25, 0.3) is 22.2 Å². The number of aromatic nitrogens is 6. The molecule has 0 spiro atoms. The maximum atomic E-state index is 13.5. The third-order valence-corrected chi connectivity index (χ3v) is 11.0. The number of alkyl halides is 3. The largest absolute Gasteiger partial charge is 0.494 e. The minimum atomic E-state index is -4.27. The molecule has 11 nitrogen and oxygen atoms in total. The second kappa shape index (κ2) is 14.7. The van der Waals surface area contributed by atoms with E-state index in [9.17, 15) is 13.2 Å². The fraction of sp³-hybridized carbons (Fsp3) is 0.382. The van der Waals surface area contributed by atoms with Gasteiger partial charge in [-0.05, 0) is 74.3 Å². The van der Waals surface area contributed by atoms with Gasteiger partial charge < -0.3 is 20.3 Å². The molecule has 1 fully saturated rings. The van der Waals surface area contributed by atoms with E-state index < -0.39 is 20.1 Å². The van der Waals surface area contributed by atoms with Crippen molar-refractivity contribution in [2.45, 2.75) is 38.0 Å². The van der Waals surface area contributed by atoms with Crippen LogP contribution in [0.15, 0.2) is 59.7 Å². The third kappa shape index (κ3) is 7.50. The third-order valence-electron chi connectivity index (χ3n) is 9.10. The molecule has 1 saturated heterocycles. The van der Waals surface area contributed by atoms with E-state index >= 15 is 0 Å². The van der Waals surface area contributed by atoms with E-state index in [2.05, 4.69) is 64.8 Å². The van der Waals surface area contributed by atoms with Crippen molar-refractivity contribution in [3.05, 3.63) is 59.7 Å². The van der Waals surface area contributed by atoms with Gasteiger partial charge in [0.1, 0.15) is 17.6 Å². The lowest BCUT2D eigenvalue weighted by Crippen LogP contribution is -2.50. The second-order valence-electron chi connectivity index (χ2n) is 12.5. The highest BCUT2D eigenvalue weighted by molar-refractivity contribution is 9.10. The number of methoxy groups -OCH3 is 1. The van der Waals surface area contributed by atoms with Crippen LogP contribution in [0.4, 0.5) is 42.0 Å². The molecule has 1 unspecified atom stereocenters. The van der Waals surface area contributed by atoms with Crippen LogP contribution in [0.3, 0.4) is 0 Å². The molecule has 0 aliphatic carbocycles. The molecule has 2 N–H and O–H groups in total. The molecule has 0 amide bonds. The summed E-state index contributed by atoms with van der Waals surface area (Å²) in [6.45, 7) is 6.76. The first kappa shape index (κ1) is 35.7. The topological polar surface area (TPSA) is 109 Å². The lowest BCUT2D eigenvalue weighted by Gasteiger charge is -2.41. The van der Waals surface area contributed by atoms with E-state index in [0.29, 0.717) is 53.6 Å². The number of anilines is 5. The van der Waals surface area contributed by atoms with Gasteiger partial charge in [-0.25, -0.2) is 4.98 Å². The summed E-state index contributed by atoms with van der Waals surface area (Å²) in [7, 11) is 4.48. The zero-order valence-electron chi connectivity index (χ0n) is 28.6. The SMILES string of the molecule is COc1cc(N2CCC(N(C)C(C)C(F)(F)F)CC2)c(-c2cnn(C)c2)cc1Nc1ncc(Br)c(Nc2ccc3nccnc3c2P(C)C)n1. The lowest BCUT2D eigenvalue weighted by atomic mass is 9.98. The van der Waals surface area contributed by atoms with Gasteiger partial charge in [0.05, 0.1) is 34.5 Å². The van der Waals surface area contributed by atoms with E-state index in [1.807, 2.05) is 37.5 Å². The van der Waals surface area contributed by atoms with Crippen molar-refractivity contribution in [3.63, 3.8) is 0 Å². The van der Waals surface area contributed by atoms with Gasteiger partial charge in [-0.15, -0.1) is 0 Å². The van der Waals surface area contributed by atoms with Gasteiger partial charge in [-0.1, -0.05) is 7.92 Å². The van der Waals surface area contributed by atoms with Crippen molar-refractivity contribution >= 4 is 69.0 Å². The predicted molar refractivity (Wildman–Crippen MR) is 198 cm³/mol. The first-order valence-corrected chi connectivity index (χ1v) is 19.1. The Bertz CT molecular complexity index is 1980. The van der Waals surface area contributed by atoms with E-state index in [4.69, 9.17) is 9.72 Å². The van der Waals surface area contributed by atoms with Crippen LogP contribution in [0, 0.1) is 0 Å². The van der Waals surface area contributed by atoms with Gasteiger partial charge in [0.25, 0.3) is 0 Å². The average Bonchev–Trinajstić information content (AvgIpc) is 3.54.